The van der Waals surface area contributed by atoms with Crippen LogP contribution in [0.1, 0.15) is 23.6 Å². The Bertz CT molecular complexity index is 886. The SMILES string of the molecule is CCOC1(c2ccccc2)C=CC=CC1(c1ccccc1)c1ccccc1. The molecular weight excluding hydrogens is 328 g/mol. The first-order valence-electron chi connectivity index (χ1n) is 9.51. The molecule has 1 unspecified atom stereocenters. The van der Waals surface area contributed by atoms with Crippen LogP contribution >= 0.6 is 0 Å². The van der Waals surface area contributed by atoms with Crippen molar-refractivity contribution in [3.05, 3.63) is 132 Å². The van der Waals surface area contributed by atoms with Crippen LogP contribution in [0, 0.1) is 0 Å². The molecule has 1 nitrogen and oxygen atoms in total. The van der Waals surface area contributed by atoms with E-state index in [9.17, 15) is 0 Å². The summed E-state index contributed by atoms with van der Waals surface area (Å²) in [5.74, 6) is 0. The second kappa shape index (κ2) is 7.38. The van der Waals surface area contributed by atoms with Gasteiger partial charge < -0.3 is 4.74 Å². The normalized spacial score (nSPS) is 20.5. The van der Waals surface area contributed by atoms with E-state index in [1.807, 2.05) is 0 Å². The minimum absolute atomic E-state index is 0.457. The number of ether oxygens (including phenoxy) is 1. The molecule has 0 spiro atoms. The van der Waals surface area contributed by atoms with Crippen LogP contribution in [0.2, 0.25) is 0 Å². The predicted octanol–water partition coefficient (Wildman–Crippen LogP) is 6.03. The van der Waals surface area contributed by atoms with Crippen LogP contribution in [-0.4, -0.2) is 6.61 Å². The Morgan fingerprint density at radius 3 is 1.52 bits per heavy atom. The zero-order valence-electron chi connectivity index (χ0n) is 15.6. The van der Waals surface area contributed by atoms with Crippen molar-refractivity contribution in [2.24, 2.45) is 0 Å². The summed E-state index contributed by atoms with van der Waals surface area (Å²) >= 11 is 0. The highest BCUT2D eigenvalue weighted by Gasteiger charge is 2.53. The molecule has 27 heavy (non-hydrogen) atoms. The van der Waals surface area contributed by atoms with Crippen molar-refractivity contribution in [1.29, 1.82) is 0 Å². The summed E-state index contributed by atoms with van der Waals surface area (Å²) in [7, 11) is 0. The highest BCUT2D eigenvalue weighted by Crippen LogP contribution is 2.53. The summed E-state index contributed by atoms with van der Waals surface area (Å²) in [5.41, 5.74) is 2.51. The Labute approximate surface area is 161 Å². The van der Waals surface area contributed by atoms with E-state index in [0.717, 1.165) is 5.56 Å². The van der Waals surface area contributed by atoms with Gasteiger partial charge in [0.1, 0.15) is 5.60 Å². The largest absolute Gasteiger partial charge is 0.365 e. The fraction of sp³-hybridized carbons (Fsp3) is 0.154. The van der Waals surface area contributed by atoms with Crippen LogP contribution in [0.4, 0.5) is 0 Å². The smallest absolute Gasteiger partial charge is 0.129 e. The molecule has 0 saturated carbocycles. The first kappa shape index (κ1) is 17.5. The van der Waals surface area contributed by atoms with Crippen molar-refractivity contribution >= 4 is 0 Å². The van der Waals surface area contributed by atoms with Crippen LogP contribution < -0.4 is 0 Å². The Kier molecular flexibility index (Phi) is 4.79. The molecule has 0 saturated heterocycles. The predicted molar refractivity (Wildman–Crippen MR) is 112 cm³/mol. The maximum atomic E-state index is 6.64. The van der Waals surface area contributed by atoms with Crippen molar-refractivity contribution in [3.63, 3.8) is 0 Å². The standard InChI is InChI=1S/C26H24O/c1-2-27-26(24-18-10-5-11-19-24)21-13-12-20-25(26,22-14-6-3-7-15-22)23-16-8-4-9-17-23/h3-21H,2H2,1H3. The molecular formula is C26H24O. The summed E-state index contributed by atoms with van der Waals surface area (Å²) in [6, 6.07) is 31.9. The molecule has 0 amide bonds. The summed E-state index contributed by atoms with van der Waals surface area (Å²) in [4.78, 5) is 0. The third kappa shape index (κ3) is 2.75. The second-order valence-electron chi connectivity index (χ2n) is 6.79. The molecule has 0 radical (unpaired) electrons. The van der Waals surface area contributed by atoms with Gasteiger partial charge in [0, 0.05) is 6.61 Å². The number of allylic oxidation sites excluding steroid dienone is 2. The first-order valence-corrected chi connectivity index (χ1v) is 9.51. The van der Waals surface area contributed by atoms with Crippen molar-refractivity contribution < 1.29 is 4.74 Å². The maximum absolute atomic E-state index is 6.64. The molecule has 4 rings (SSSR count). The second-order valence-corrected chi connectivity index (χ2v) is 6.79. The molecule has 1 aliphatic rings. The fourth-order valence-corrected chi connectivity index (χ4v) is 4.32. The molecule has 1 atom stereocenters. The van der Waals surface area contributed by atoms with Crippen molar-refractivity contribution in [2.75, 3.05) is 6.61 Å². The van der Waals surface area contributed by atoms with Crippen LogP contribution in [0.5, 0.6) is 0 Å². The average Bonchev–Trinajstić information content (AvgIpc) is 2.76. The van der Waals surface area contributed by atoms with Gasteiger partial charge in [0.25, 0.3) is 0 Å². The van der Waals surface area contributed by atoms with Gasteiger partial charge in [-0.15, -0.1) is 0 Å². The van der Waals surface area contributed by atoms with Crippen LogP contribution in [0.3, 0.4) is 0 Å². The summed E-state index contributed by atoms with van der Waals surface area (Å²) in [6.07, 6.45) is 8.75. The summed E-state index contributed by atoms with van der Waals surface area (Å²) in [5, 5.41) is 0. The topological polar surface area (TPSA) is 9.23 Å². The van der Waals surface area contributed by atoms with E-state index in [2.05, 4.69) is 122 Å². The first-order chi connectivity index (χ1) is 13.3. The number of benzene rings is 3. The van der Waals surface area contributed by atoms with E-state index in [0.29, 0.717) is 6.61 Å². The van der Waals surface area contributed by atoms with Gasteiger partial charge >= 0.3 is 0 Å². The zero-order valence-corrected chi connectivity index (χ0v) is 15.6. The number of hydrogen-bond donors (Lipinski definition) is 0. The number of rotatable bonds is 5. The lowest BCUT2D eigenvalue weighted by atomic mass is 9.59. The number of hydrogen-bond acceptors (Lipinski definition) is 1. The lowest BCUT2D eigenvalue weighted by Gasteiger charge is -2.49. The van der Waals surface area contributed by atoms with Crippen molar-refractivity contribution in [1.82, 2.24) is 0 Å². The fourth-order valence-electron chi connectivity index (χ4n) is 4.32. The molecule has 0 fully saturated rings. The monoisotopic (exact) mass is 352 g/mol. The van der Waals surface area contributed by atoms with Crippen molar-refractivity contribution in [2.45, 2.75) is 17.9 Å². The molecule has 0 N–H and O–H groups in total. The van der Waals surface area contributed by atoms with Gasteiger partial charge in [-0.3, -0.25) is 0 Å². The molecule has 0 heterocycles. The van der Waals surface area contributed by atoms with Gasteiger partial charge in [-0.2, -0.15) is 0 Å². The quantitative estimate of drug-likeness (QED) is 0.545. The minimum Gasteiger partial charge on any atom is -0.365 e. The van der Waals surface area contributed by atoms with Crippen LogP contribution in [0.25, 0.3) is 0 Å². The van der Waals surface area contributed by atoms with Gasteiger partial charge in [-0.25, -0.2) is 0 Å². The molecule has 0 aromatic heterocycles. The third-order valence-electron chi connectivity index (χ3n) is 5.41. The van der Waals surface area contributed by atoms with Gasteiger partial charge in [-0.05, 0) is 29.7 Å². The lowest BCUT2D eigenvalue weighted by molar-refractivity contribution is -0.0410. The van der Waals surface area contributed by atoms with E-state index < -0.39 is 11.0 Å². The third-order valence-corrected chi connectivity index (χ3v) is 5.41. The molecule has 0 bridgehead atoms. The van der Waals surface area contributed by atoms with Gasteiger partial charge in [0.15, 0.2) is 0 Å². The van der Waals surface area contributed by atoms with Gasteiger partial charge in [0.05, 0.1) is 5.41 Å². The molecule has 3 aromatic rings. The molecule has 1 heteroatoms. The molecule has 134 valence electrons. The Morgan fingerprint density at radius 1 is 0.593 bits per heavy atom. The lowest BCUT2D eigenvalue weighted by Crippen LogP contribution is -2.50. The highest BCUT2D eigenvalue weighted by atomic mass is 16.5. The highest BCUT2D eigenvalue weighted by molar-refractivity contribution is 5.56. The Balaban J connectivity index is 2.09. The van der Waals surface area contributed by atoms with Crippen molar-refractivity contribution in [3.8, 4) is 0 Å². The maximum Gasteiger partial charge on any atom is 0.129 e. The van der Waals surface area contributed by atoms with Gasteiger partial charge in [0.2, 0.25) is 0 Å². The van der Waals surface area contributed by atoms with Crippen LogP contribution in [-0.2, 0) is 15.8 Å². The zero-order chi connectivity index (χ0) is 18.6. The summed E-state index contributed by atoms with van der Waals surface area (Å²) in [6.45, 7) is 2.69. The minimum atomic E-state index is -0.625. The molecule has 3 aromatic carbocycles. The van der Waals surface area contributed by atoms with E-state index in [1.54, 1.807) is 0 Å². The van der Waals surface area contributed by atoms with Gasteiger partial charge in [-0.1, -0.05) is 109 Å². The Morgan fingerprint density at radius 2 is 1.04 bits per heavy atom. The molecule has 1 aliphatic carbocycles. The van der Waals surface area contributed by atoms with Crippen LogP contribution in [0.15, 0.2) is 115 Å². The summed E-state index contributed by atoms with van der Waals surface area (Å²) < 4.78 is 6.64. The van der Waals surface area contributed by atoms with E-state index in [1.165, 1.54) is 11.1 Å². The van der Waals surface area contributed by atoms with E-state index >= 15 is 0 Å². The van der Waals surface area contributed by atoms with E-state index in [4.69, 9.17) is 4.74 Å². The Hall–Kier alpha value is -2.90. The average molecular weight is 352 g/mol. The molecule has 0 aliphatic heterocycles. The van der Waals surface area contributed by atoms with E-state index in [-0.39, 0.29) is 0 Å².